The van der Waals surface area contributed by atoms with E-state index in [0.29, 0.717) is 0 Å². The van der Waals surface area contributed by atoms with Crippen molar-refractivity contribution in [3.05, 3.63) is 65.2 Å². The highest BCUT2D eigenvalue weighted by atomic mass is 32.1. The first-order chi connectivity index (χ1) is 13.5. The Balaban J connectivity index is 1.42. The van der Waals surface area contributed by atoms with Crippen molar-refractivity contribution in [2.75, 3.05) is 4.90 Å². The maximum Gasteiger partial charge on any atom is 0.331 e. The lowest BCUT2D eigenvalue weighted by Gasteiger charge is -2.25. The van der Waals surface area contributed by atoms with E-state index < -0.39 is 12.1 Å². The number of thiazole rings is 1. The third kappa shape index (κ3) is 3.55. The number of fused-ring (bicyclic) bond motifs is 2. The monoisotopic (exact) mass is 392 g/mol. The first kappa shape index (κ1) is 18.4. The quantitative estimate of drug-likeness (QED) is 0.493. The molecule has 0 saturated heterocycles. The van der Waals surface area contributed by atoms with Gasteiger partial charge in [0, 0.05) is 17.8 Å². The van der Waals surface area contributed by atoms with Gasteiger partial charge in [-0.1, -0.05) is 30.3 Å². The van der Waals surface area contributed by atoms with Crippen molar-refractivity contribution in [3.63, 3.8) is 0 Å². The van der Waals surface area contributed by atoms with Gasteiger partial charge in [-0.25, -0.2) is 9.78 Å². The zero-order valence-electron chi connectivity index (χ0n) is 15.7. The summed E-state index contributed by atoms with van der Waals surface area (Å²) in [6.45, 7) is 3.61. The van der Waals surface area contributed by atoms with E-state index in [4.69, 9.17) is 4.74 Å². The largest absolute Gasteiger partial charge is 0.449 e. The summed E-state index contributed by atoms with van der Waals surface area (Å²) < 4.78 is 6.40. The summed E-state index contributed by atoms with van der Waals surface area (Å²) in [6.07, 6.45) is 2.89. The van der Waals surface area contributed by atoms with Crippen LogP contribution in [0.4, 0.5) is 5.69 Å². The number of esters is 1. The van der Waals surface area contributed by atoms with Crippen LogP contribution in [0.5, 0.6) is 0 Å². The molecule has 142 valence electrons. The van der Waals surface area contributed by atoms with Gasteiger partial charge in [-0.05, 0) is 50.1 Å². The van der Waals surface area contributed by atoms with Crippen molar-refractivity contribution in [1.82, 2.24) is 4.98 Å². The maximum absolute atomic E-state index is 12.9. The molecule has 0 saturated carbocycles. The Bertz CT molecular complexity index is 1040. The predicted octanol–water partition coefficient (Wildman–Crippen LogP) is 4.22. The molecule has 0 fully saturated rings. The number of hydrogen-bond acceptors (Lipinski definition) is 5. The number of carbonyl (C=O) groups excluding carboxylic acids is 2. The van der Waals surface area contributed by atoms with E-state index in [0.717, 1.165) is 32.9 Å². The lowest BCUT2D eigenvalue weighted by Crippen LogP contribution is -2.43. The zero-order valence-corrected chi connectivity index (χ0v) is 16.5. The Morgan fingerprint density at radius 1 is 1.21 bits per heavy atom. The summed E-state index contributed by atoms with van der Waals surface area (Å²) in [4.78, 5) is 31.2. The van der Waals surface area contributed by atoms with Crippen LogP contribution in [-0.4, -0.2) is 29.0 Å². The van der Waals surface area contributed by atoms with Crippen molar-refractivity contribution in [2.45, 2.75) is 32.4 Å². The number of benzene rings is 2. The molecule has 2 aromatic carbocycles. The number of amides is 1. The van der Waals surface area contributed by atoms with Crippen LogP contribution in [0.2, 0.25) is 0 Å². The van der Waals surface area contributed by atoms with Gasteiger partial charge in [0.1, 0.15) is 5.01 Å². The van der Waals surface area contributed by atoms with E-state index in [9.17, 15) is 9.59 Å². The summed E-state index contributed by atoms with van der Waals surface area (Å²) in [7, 11) is 0. The van der Waals surface area contributed by atoms with Crippen molar-refractivity contribution < 1.29 is 14.3 Å². The minimum Gasteiger partial charge on any atom is -0.449 e. The van der Waals surface area contributed by atoms with Gasteiger partial charge in [0.15, 0.2) is 6.10 Å². The van der Waals surface area contributed by atoms with Crippen LogP contribution in [0.15, 0.2) is 54.6 Å². The zero-order chi connectivity index (χ0) is 19.7. The smallest absolute Gasteiger partial charge is 0.331 e. The lowest BCUT2D eigenvalue weighted by molar-refractivity contribution is -0.149. The molecule has 2 heterocycles. The van der Waals surface area contributed by atoms with Crippen LogP contribution in [-0.2, 0) is 20.7 Å². The fourth-order valence-corrected chi connectivity index (χ4v) is 4.33. The molecule has 28 heavy (non-hydrogen) atoms. The van der Waals surface area contributed by atoms with Gasteiger partial charge in [-0.15, -0.1) is 11.3 Å². The number of hydrogen-bond donors (Lipinski definition) is 0. The number of anilines is 1. The van der Waals surface area contributed by atoms with Crippen molar-refractivity contribution in [1.29, 1.82) is 0 Å². The minimum atomic E-state index is -0.860. The molecule has 0 radical (unpaired) electrons. The molecule has 1 aromatic heterocycles. The van der Waals surface area contributed by atoms with Crippen LogP contribution < -0.4 is 4.90 Å². The molecule has 3 aromatic rings. The van der Waals surface area contributed by atoms with Gasteiger partial charge < -0.3 is 9.64 Å². The molecule has 0 bridgehead atoms. The summed E-state index contributed by atoms with van der Waals surface area (Å²) in [6, 6.07) is 15.7. The van der Waals surface area contributed by atoms with Crippen LogP contribution >= 0.6 is 11.3 Å². The summed E-state index contributed by atoms with van der Waals surface area (Å²) >= 11 is 1.50. The molecule has 1 aliphatic heterocycles. The van der Waals surface area contributed by atoms with Gasteiger partial charge in [-0.2, -0.15) is 0 Å². The van der Waals surface area contributed by atoms with Crippen LogP contribution in [0.25, 0.3) is 16.3 Å². The summed E-state index contributed by atoms with van der Waals surface area (Å²) in [5.41, 5.74) is 2.93. The second-order valence-electron chi connectivity index (χ2n) is 6.82. The predicted molar refractivity (Wildman–Crippen MR) is 111 cm³/mol. The van der Waals surface area contributed by atoms with Gasteiger partial charge in [0.05, 0.1) is 10.2 Å². The number of carbonyl (C=O) groups is 2. The van der Waals surface area contributed by atoms with E-state index in [1.54, 1.807) is 17.9 Å². The number of aromatic nitrogens is 1. The Morgan fingerprint density at radius 3 is 2.79 bits per heavy atom. The molecular formula is C22H20N2O3S. The second-order valence-corrected chi connectivity index (χ2v) is 7.88. The van der Waals surface area contributed by atoms with E-state index >= 15 is 0 Å². The average Bonchev–Trinajstić information content (AvgIpc) is 3.25. The molecule has 5 nitrogen and oxygen atoms in total. The first-order valence-corrected chi connectivity index (χ1v) is 10.00. The fourth-order valence-electron chi connectivity index (χ4n) is 3.46. The van der Waals surface area contributed by atoms with Crippen LogP contribution in [0.3, 0.4) is 0 Å². The second kappa shape index (κ2) is 7.56. The molecule has 0 spiro atoms. The number of rotatable bonds is 4. The SMILES string of the molecule is C[C@H](OC(=O)/C=C/c1nc2ccccc2s1)C(=O)N1c2ccccc2C[C@@H]1C. The Morgan fingerprint density at radius 2 is 1.96 bits per heavy atom. The highest BCUT2D eigenvalue weighted by molar-refractivity contribution is 7.19. The van der Waals surface area contributed by atoms with Crippen molar-refractivity contribution >= 4 is 45.2 Å². The molecule has 0 unspecified atom stereocenters. The Labute approximate surface area is 167 Å². The molecule has 0 aliphatic carbocycles. The van der Waals surface area contributed by atoms with Crippen molar-refractivity contribution in [2.24, 2.45) is 0 Å². The van der Waals surface area contributed by atoms with Gasteiger partial charge in [0.2, 0.25) is 0 Å². The molecule has 4 rings (SSSR count). The normalized spacial score (nSPS) is 17.1. The molecule has 2 atom stereocenters. The minimum absolute atomic E-state index is 0.0457. The topological polar surface area (TPSA) is 59.5 Å². The van der Waals surface area contributed by atoms with Crippen molar-refractivity contribution in [3.8, 4) is 0 Å². The third-order valence-corrected chi connectivity index (χ3v) is 5.76. The average molecular weight is 392 g/mol. The van der Waals surface area contributed by atoms with Gasteiger partial charge >= 0.3 is 5.97 Å². The number of para-hydroxylation sites is 2. The molecule has 6 heteroatoms. The molecule has 1 amide bonds. The maximum atomic E-state index is 12.9. The first-order valence-electron chi connectivity index (χ1n) is 9.18. The highest BCUT2D eigenvalue weighted by Crippen LogP contribution is 2.32. The highest BCUT2D eigenvalue weighted by Gasteiger charge is 2.34. The van der Waals surface area contributed by atoms with E-state index in [-0.39, 0.29) is 11.9 Å². The third-order valence-electron chi connectivity index (χ3n) is 4.76. The van der Waals surface area contributed by atoms with Crippen LogP contribution in [0, 0.1) is 0 Å². The molecule has 1 aliphatic rings. The van der Waals surface area contributed by atoms with E-state index in [1.807, 2.05) is 55.5 Å². The van der Waals surface area contributed by atoms with Gasteiger partial charge in [0.25, 0.3) is 5.91 Å². The summed E-state index contributed by atoms with van der Waals surface area (Å²) in [5.74, 6) is -0.764. The fraction of sp³-hybridized carbons (Fsp3) is 0.227. The Hall–Kier alpha value is -2.99. The van der Waals surface area contributed by atoms with Crippen LogP contribution in [0.1, 0.15) is 24.4 Å². The van der Waals surface area contributed by atoms with E-state index in [1.165, 1.54) is 17.4 Å². The van der Waals surface area contributed by atoms with Gasteiger partial charge in [-0.3, -0.25) is 4.79 Å². The standard InChI is InChI=1S/C22H20N2O3S/c1-14-13-16-7-3-5-9-18(16)24(14)22(26)15(2)27-21(25)12-11-20-23-17-8-4-6-10-19(17)28-20/h3-12,14-15H,13H2,1-2H3/b12-11+/t14-,15-/m0/s1. The summed E-state index contributed by atoms with van der Waals surface area (Å²) in [5, 5.41) is 0.722. The number of ether oxygens (including phenoxy) is 1. The van der Waals surface area contributed by atoms with E-state index in [2.05, 4.69) is 4.98 Å². The lowest BCUT2D eigenvalue weighted by atomic mass is 10.1. The Kier molecular flexibility index (Phi) is 4.96. The molecule has 0 N–H and O–H groups in total. The molecular weight excluding hydrogens is 372 g/mol. The number of nitrogens with zero attached hydrogens (tertiary/aromatic N) is 2.